The Hall–Kier alpha value is -2.71. The van der Waals surface area contributed by atoms with Gasteiger partial charge in [0.05, 0.1) is 43.0 Å². The number of ether oxygens (including phenoxy) is 2. The van der Waals surface area contributed by atoms with E-state index in [1.807, 2.05) is 13.0 Å². The summed E-state index contributed by atoms with van der Waals surface area (Å²) in [6.07, 6.45) is 2.69. The van der Waals surface area contributed by atoms with E-state index in [2.05, 4.69) is 37.4 Å². The molecule has 1 aliphatic heterocycles. The van der Waals surface area contributed by atoms with E-state index in [0.717, 1.165) is 0 Å². The Labute approximate surface area is 187 Å². The number of aliphatic hydroxyl groups is 3. The van der Waals surface area contributed by atoms with Crippen LogP contribution in [0, 0.1) is 30.6 Å². The fraction of sp³-hybridized carbons (Fsp3) is 0.591. The number of aliphatic hydroxyl groups excluding tert-OH is 3. The summed E-state index contributed by atoms with van der Waals surface area (Å²) < 4.78 is 10.2. The molecule has 10 heteroatoms. The van der Waals surface area contributed by atoms with Gasteiger partial charge in [-0.3, -0.25) is 0 Å². The van der Waals surface area contributed by atoms with Crippen molar-refractivity contribution in [3.63, 3.8) is 0 Å². The zero-order valence-corrected chi connectivity index (χ0v) is 18.6. The number of aromatic nitrogens is 2. The molecule has 1 aliphatic carbocycles. The van der Waals surface area contributed by atoms with Gasteiger partial charge in [0.15, 0.2) is 0 Å². The number of allylic oxidation sites excluding steroid dienone is 1. The minimum absolute atomic E-state index is 0.0710. The van der Waals surface area contributed by atoms with Gasteiger partial charge < -0.3 is 35.4 Å². The van der Waals surface area contributed by atoms with Crippen molar-refractivity contribution in [2.75, 3.05) is 44.6 Å². The molecule has 0 amide bonds. The molecule has 1 aromatic heterocycles. The second-order valence-corrected chi connectivity index (χ2v) is 7.82. The number of hydrogen-bond acceptors (Lipinski definition) is 10. The first-order valence-electron chi connectivity index (χ1n) is 10.6. The van der Waals surface area contributed by atoms with E-state index in [0.29, 0.717) is 54.9 Å². The van der Waals surface area contributed by atoms with Crippen LogP contribution in [0.5, 0.6) is 0 Å². The van der Waals surface area contributed by atoms with E-state index >= 15 is 0 Å². The van der Waals surface area contributed by atoms with Gasteiger partial charge in [-0.15, -0.1) is 0 Å². The molecule has 3 rings (SSSR count). The fourth-order valence-electron chi connectivity index (χ4n) is 3.70. The maximum atomic E-state index is 10.4. The number of nitrogens with one attached hydrogen (secondary N) is 2. The number of rotatable bonds is 8. The lowest BCUT2D eigenvalue weighted by Gasteiger charge is -2.20. The summed E-state index contributed by atoms with van der Waals surface area (Å²) in [5.74, 6) is 7.31. The first-order chi connectivity index (χ1) is 15.5. The molecule has 5 atom stereocenters. The summed E-state index contributed by atoms with van der Waals surface area (Å²) in [5, 5.41) is 36.4. The molecule has 0 saturated heterocycles. The van der Waals surface area contributed by atoms with Crippen LogP contribution in [0.2, 0.25) is 0 Å². The van der Waals surface area contributed by atoms with Crippen molar-refractivity contribution in [2.24, 2.45) is 16.8 Å². The van der Waals surface area contributed by atoms with E-state index in [4.69, 9.17) is 9.47 Å². The summed E-state index contributed by atoms with van der Waals surface area (Å²) in [5.41, 5.74) is 1.27. The van der Waals surface area contributed by atoms with Gasteiger partial charge in [-0.1, -0.05) is 11.8 Å². The van der Waals surface area contributed by atoms with Crippen LogP contribution < -0.4 is 10.6 Å². The van der Waals surface area contributed by atoms with Crippen molar-refractivity contribution in [2.45, 2.75) is 38.0 Å². The van der Waals surface area contributed by atoms with Crippen LogP contribution in [0.4, 0.5) is 11.8 Å². The summed E-state index contributed by atoms with van der Waals surface area (Å²) in [6, 6.07) is -0.479. The van der Waals surface area contributed by atoms with Gasteiger partial charge in [0.2, 0.25) is 11.8 Å². The van der Waals surface area contributed by atoms with Crippen LogP contribution in [0.15, 0.2) is 17.0 Å². The first-order valence-corrected chi connectivity index (χ1v) is 10.6. The van der Waals surface area contributed by atoms with E-state index in [1.165, 1.54) is 0 Å². The highest BCUT2D eigenvalue weighted by Crippen LogP contribution is 2.30. The Bertz CT molecular complexity index is 910. The first kappa shape index (κ1) is 23.9. The third kappa shape index (κ3) is 5.75. The largest absolute Gasteiger partial charge is 0.481 e. The van der Waals surface area contributed by atoms with Gasteiger partial charge in [-0.25, -0.2) is 9.98 Å². The van der Waals surface area contributed by atoms with Crippen molar-refractivity contribution >= 4 is 18.0 Å². The highest BCUT2D eigenvalue weighted by atomic mass is 16.5. The van der Waals surface area contributed by atoms with Crippen molar-refractivity contribution in [1.29, 1.82) is 0 Å². The second kappa shape index (κ2) is 11.2. The molecule has 2 heterocycles. The van der Waals surface area contributed by atoms with Crippen LogP contribution in [-0.4, -0.2) is 83.7 Å². The maximum Gasteiger partial charge on any atom is 0.225 e. The standard InChI is InChI=1S/C22H31N5O5/c1-13-16(6-4-14-5-7-18(32-3)24-11-14)21(27-22(25-13)23-8-9-31-2)26-17-10-15(12-28)19(29)20(17)30/h7,11,14-15,17,19-20,28-30H,5,8-10,12H2,1-3H3,(H2,23,25,26,27)/t14?,15-,17-,19-,20+/m1/s1. The lowest BCUT2D eigenvalue weighted by Crippen LogP contribution is -2.36. The predicted octanol–water partition coefficient (Wildman–Crippen LogP) is 0.288. The fourth-order valence-corrected chi connectivity index (χ4v) is 3.70. The number of methoxy groups -OCH3 is 2. The Morgan fingerprint density at radius 3 is 2.66 bits per heavy atom. The van der Waals surface area contributed by atoms with E-state index in [-0.39, 0.29) is 12.5 Å². The lowest BCUT2D eigenvalue weighted by atomic mass is 10.0. The number of hydrogen-bond donors (Lipinski definition) is 5. The second-order valence-electron chi connectivity index (χ2n) is 7.82. The molecule has 1 saturated carbocycles. The summed E-state index contributed by atoms with van der Waals surface area (Å²) >= 11 is 0. The van der Waals surface area contributed by atoms with Crippen LogP contribution in [0.3, 0.4) is 0 Å². The quantitative estimate of drug-likeness (QED) is 0.282. The number of nitrogens with zero attached hydrogens (tertiary/aromatic N) is 3. The number of aryl methyl sites for hydroxylation is 1. The molecule has 32 heavy (non-hydrogen) atoms. The molecule has 10 nitrogen and oxygen atoms in total. The molecule has 1 aromatic rings. The zero-order chi connectivity index (χ0) is 23.1. The Morgan fingerprint density at radius 2 is 2.03 bits per heavy atom. The third-order valence-corrected chi connectivity index (χ3v) is 5.56. The minimum Gasteiger partial charge on any atom is -0.481 e. The molecule has 0 spiro atoms. The van der Waals surface area contributed by atoms with Gasteiger partial charge >= 0.3 is 0 Å². The Morgan fingerprint density at radius 1 is 1.22 bits per heavy atom. The van der Waals surface area contributed by atoms with E-state index < -0.39 is 24.2 Å². The number of aliphatic imine (C=N–C) groups is 1. The smallest absolute Gasteiger partial charge is 0.225 e. The predicted molar refractivity (Wildman–Crippen MR) is 120 cm³/mol. The SMILES string of the molecule is COCCNc1nc(C)c(C#CC2C=NC(OC)=CC2)c(N[C@@H]2C[C@H](CO)[C@@H](O)[C@H]2O)n1. The molecule has 0 radical (unpaired) electrons. The van der Waals surface area contributed by atoms with Gasteiger partial charge in [-0.2, -0.15) is 4.98 Å². The van der Waals surface area contributed by atoms with Crippen molar-refractivity contribution in [3.05, 3.63) is 23.2 Å². The average Bonchev–Trinajstić information content (AvgIpc) is 3.07. The van der Waals surface area contributed by atoms with Gasteiger partial charge in [-0.05, 0) is 25.8 Å². The summed E-state index contributed by atoms with van der Waals surface area (Å²) in [7, 11) is 3.19. The number of anilines is 2. The monoisotopic (exact) mass is 445 g/mol. The van der Waals surface area contributed by atoms with Crippen LogP contribution >= 0.6 is 0 Å². The minimum atomic E-state index is -1.03. The normalized spacial score (nSPS) is 26.8. The van der Waals surface area contributed by atoms with E-state index in [9.17, 15) is 15.3 Å². The Kier molecular flexibility index (Phi) is 8.41. The summed E-state index contributed by atoms with van der Waals surface area (Å²) in [6.45, 7) is 2.67. The van der Waals surface area contributed by atoms with Crippen LogP contribution in [0.25, 0.3) is 0 Å². The van der Waals surface area contributed by atoms with Gasteiger partial charge in [0.1, 0.15) is 11.9 Å². The highest BCUT2D eigenvalue weighted by Gasteiger charge is 2.41. The highest BCUT2D eigenvalue weighted by molar-refractivity contribution is 5.69. The van der Waals surface area contributed by atoms with Crippen molar-refractivity contribution in [3.8, 4) is 11.8 Å². The molecular formula is C22H31N5O5. The summed E-state index contributed by atoms with van der Waals surface area (Å²) in [4.78, 5) is 13.3. The molecule has 5 N–H and O–H groups in total. The topological polar surface area (TPSA) is 141 Å². The van der Waals surface area contributed by atoms with Crippen LogP contribution in [-0.2, 0) is 9.47 Å². The van der Waals surface area contributed by atoms with Gasteiger partial charge in [0, 0.05) is 32.4 Å². The van der Waals surface area contributed by atoms with Crippen molar-refractivity contribution in [1.82, 2.24) is 9.97 Å². The van der Waals surface area contributed by atoms with Crippen LogP contribution in [0.1, 0.15) is 24.1 Å². The molecule has 1 fully saturated rings. The average molecular weight is 446 g/mol. The molecule has 2 aliphatic rings. The third-order valence-electron chi connectivity index (χ3n) is 5.56. The van der Waals surface area contributed by atoms with E-state index in [1.54, 1.807) is 20.4 Å². The van der Waals surface area contributed by atoms with Crippen molar-refractivity contribution < 1.29 is 24.8 Å². The molecular weight excluding hydrogens is 414 g/mol. The molecule has 0 aromatic carbocycles. The zero-order valence-electron chi connectivity index (χ0n) is 18.6. The lowest BCUT2D eigenvalue weighted by molar-refractivity contribution is 0.00445. The molecule has 1 unspecified atom stereocenters. The Balaban J connectivity index is 1.86. The maximum absolute atomic E-state index is 10.4. The van der Waals surface area contributed by atoms with Gasteiger partial charge in [0.25, 0.3) is 0 Å². The molecule has 174 valence electrons. The molecule has 0 bridgehead atoms.